The number of aryl methyl sites for hydroxylation is 2. The summed E-state index contributed by atoms with van der Waals surface area (Å²) in [5, 5.41) is 18.3. The van der Waals surface area contributed by atoms with Crippen molar-refractivity contribution in [3.05, 3.63) is 52.7 Å². The van der Waals surface area contributed by atoms with Crippen molar-refractivity contribution in [3.8, 4) is 0 Å². The van der Waals surface area contributed by atoms with Crippen molar-refractivity contribution in [2.45, 2.75) is 51.5 Å². The molecule has 0 saturated carbocycles. The summed E-state index contributed by atoms with van der Waals surface area (Å²) in [5.74, 6) is 0.904. The number of thiophene rings is 1. The van der Waals surface area contributed by atoms with Gasteiger partial charge in [-0.05, 0) is 63.2 Å². The largest absolute Gasteiger partial charge is 0.264 e. The monoisotopic (exact) mass is 447 g/mol. The summed E-state index contributed by atoms with van der Waals surface area (Å²) in [6, 6.07) is 7.95. The predicted molar refractivity (Wildman–Crippen MR) is 127 cm³/mol. The minimum Gasteiger partial charge on any atom is -0.264 e. The number of nitrogens with zero attached hydrogens (tertiary/aromatic N) is 5. The normalized spacial score (nSPS) is 21.0. The molecule has 1 N–H and O–H groups in total. The molecule has 2 aliphatic heterocycles. The average Bonchev–Trinajstić information content (AvgIpc) is 3.13. The number of hydrogen-bond donors (Lipinski definition) is 1. The van der Waals surface area contributed by atoms with E-state index in [1.807, 2.05) is 41.7 Å². The minimum absolute atomic E-state index is 0.239. The summed E-state index contributed by atoms with van der Waals surface area (Å²) < 4.78 is 1.15. The number of aromatic nitrogens is 2. The smallest absolute Gasteiger partial charge is 0.170 e. The molecule has 0 spiro atoms. The van der Waals surface area contributed by atoms with Gasteiger partial charge in [-0.1, -0.05) is 18.2 Å². The van der Waals surface area contributed by atoms with E-state index in [4.69, 9.17) is 14.9 Å². The van der Waals surface area contributed by atoms with Crippen LogP contribution in [0.4, 0.5) is 11.5 Å². The summed E-state index contributed by atoms with van der Waals surface area (Å²) in [4.78, 5) is 16.2. The van der Waals surface area contributed by atoms with Crippen LogP contribution in [-0.4, -0.2) is 33.5 Å². The fourth-order valence-electron chi connectivity index (χ4n) is 4.90. The molecular weight excluding hydrogens is 422 g/mol. The number of allylic oxidation sites excluding steroid dienone is 1. The van der Waals surface area contributed by atoms with Gasteiger partial charge in [0.1, 0.15) is 12.0 Å². The lowest BCUT2D eigenvalue weighted by molar-refractivity contribution is -0.0275. The quantitative estimate of drug-likeness (QED) is 0.586. The maximum atomic E-state index is 10.2. The van der Waals surface area contributed by atoms with E-state index in [1.54, 1.807) is 6.33 Å². The number of hydrogen-bond acceptors (Lipinski definition) is 8. The SMILES string of the molecule is CC1CCC(C2=CCON(O)c3ccccc32)=NN1c1ncnc2c3c(sc12)CCCC3. The first kappa shape index (κ1) is 19.8. The molecule has 6 rings (SSSR count). The zero-order valence-electron chi connectivity index (χ0n) is 18.0. The van der Waals surface area contributed by atoms with Gasteiger partial charge in [0, 0.05) is 16.0 Å². The van der Waals surface area contributed by atoms with Crippen LogP contribution in [0.1, 0.15) is 48.6 Å². The van der Waals surface area contributed by atoms with Crippen molar-refractivity contribution >= 4 is 44.3 Å². The van der Waals surface area contributed by atoms with Crippen LogP contribution < -0.4 is 10.2 Å². The van der Waals surface area contributed by atoms with E-state index < -0.39 is 0 Å². The number of anilines is 2. The van der Waals surface area contributed by atoms with E-state index in [9.17, 15) is 5.21 Å². The van der Waals surface area contributed by atoms with Crippen molar-refractivity contribution in [1.29, 1.82) is 0 Å². The Labute approximate surface area is 190 Å². The Bertz CT molecular complexity index is 1250. The van der Waals surface area contributed by atoms with Crippen LogP contribution >= 0.6 is 11.3 Å². The molecule has 1 atom stereocenters. The van der Waals surface area contributed by atoms with Gasteiger partial charge in [-0.3, -0.25) is 5.21 Å². The lowest BCUT2D eigenvalue weighted by Crippen LogP contribution is -2.35. The lowest BCUT2D eigenvalue weighted by atomic mass is 9.94. The summed E-state index contributed by atoms with van der Waals surface area (Å²) >= 11 is 1.84. The molecule has 164 valence electrons. The summed E-state index contributed by atoms with van der Waals surface area (Å²) in [7, 11) is 0. The molecule has 4 heterocycles. The minimum atomic E-state index is 0.239. The van der Waals surface area contributed by atoms with Gasteiger partial charge >= 0.3 is 0 Å². The molecule has 0 radical (unpaired) electrons. The third kappa shape index (κ3) is 3.21. The lowest BCUT2D eigenvalue weighted by Gasteiger charge is -2.31. The van der Waals surface area contributed by atoms with Crippen molar-refractivity contribution in [2.75, 3.05) is 16.8 Å². The van der Waals surface area contributed by atoms with Crippen LogP contribution in [0.15, 0.2) is 41.8 Å². The molecule has 8 heteroatoms. The second-order valence-corrected chi connectivity index (χ2v) is 9.67. The Balaban J connectivity index is 1.46. The topological polar surface area (TPSA) is 74.1 Å². The number of benzene rings is 1. The van der Waals surface area contributed by atoms with Crippen LogP contribution in [0.25, 0.3) is 15.8 Å². The molecule has 1 aliphatic carbocycles. The Morgan fingerprint density at radius 1 is 1.12 bits per heavy atom. The van der Waals surface area contributed by atoms with Crippen LogP contribution in [-0.2, 0) is 17.7 Å². The second kappa shape index (κ2) is 7.95. The highest BCUT2D eigenvalue weighted by atomic mass is 32.1. The molecule has 0 amide bonds. The molecule has 0 saturated heterocycles. The van der Waals surface area contributed by atoms with Gasteiger partial charge in [-0.15, -0.1) is 16.6 Å². The van der Waals surface area contributed by atoms with Gasteiger partial charge in [0.2, 0.25) is 0 Å². The Kier molecular flexibility index (Phi) is 4.93. The third-order valence-corrected chi connectivity index (χ3v) is 7.85. The number of rotatable bonds is 2. The molecule has 2 aromatic heterocycles. The highest BCUT2D eigenvalue weighted by molar-refractivity contribution is 7.19. The maximum absolute atomic E-state index is 10.2. The number of fused-ring (bicyclic) bond motifs is 4. The first-order chi connectivity index (χ1) is 15.7. The molecule has 32 heavy (non-hydrogen) atoms. The molecule has 1 unspecified atom stereocenters. The molecule has 3 aliphatic rings. The molecule has 0 fully saturated rings. The fourth-order valence-corrected chi connectivity index (χ4v) is 6.23. The molecule has 1 aromatic carbocycles. The third-order valence-electron chi connectivity index (χ3n) is 6.57. The van der Waals surface area contributed by atoms with Gasteiger partial charge in [-0.2, -0.15) is 5.10 Å². The van der Waals surface area contributed by atoms with E-state index in [0.29, 0.717) is 5.69 Å². The van der Waals surface area contributed by atoms with Crippen molar-refractivity contribution in [1.82, 2.24) is 9.97 Å². The van der Waals surface area contributed by atoms with Gasteiger partial charge in [-0.25, -0.2) is 19.8 Å². The highest BCUT2D eigenvalue weighted by Crippen LogP contribution is 2.41. The van der Waals surface area contributed by atoms with Crippen molar-refractivity contribution in [3.63, 3.8) is 0 Å². The Morgan fingerprint density at radius 2 is 2.00 bits per heavy atom. The summed E-state index contributed by atoms with van der Waals surface area (Å²) in [5.41, 5.74) is 6.05. The van der Waals surface area contributed by atoms with E-state index >= 15 is 0 Å². The van der Waals surface area contributed by atoms with Crippen LogP contribution in [0.2, 0.25) is 0 Å². The van der Waals surface area contributed by atoms with Crippen molar-refractivity contribution in [2.24, 2.45) is 5.10 Å². The molecule has 0 bridgehead atoms. The van der Waals surface area contributed by atoms with E-state index in [-0.39, 0.29) is 12.6 Å². The maximum Gasteiger partial charge on any atom is 0.170 e. The average molecular weight is 448 g/mol. The highest BCUT2D eigenvalue weighted by Gasteiger charge is 2.29. The Hall–Kier alpha value is -2.81. The standard InChI is InChI=1S/C24H25N5O2S/c1-15-10-11-19(16-12-13-31-29(30)20-8-4-2-6-17(16)20)27-28(15)24-23-22(25-14-26-24)18-7-3-5-9-21(18)32-23/h2,4,6,8,12,14-15,30H,3,5,7,9-11,13H2,1H3. The zero-order valence-corrected chi connectivity index (χ0v) is 18.8. The van der Waals surface area contributed by atoms with Crippen LogP contribution in [0, 0.1) is 0 Å². The fraction of sp³-hybridized carbons (Fsp3) is 0.375. The van der Waals surface area contributed by atoms with Gasteiger partial charge in [0.05, 0.1) is 28.6 Å². The summed E-state index contributed by atoms with van der Waals surface area (Å²) in [6.07, 6.45) is 10.3. The van der Waals surface area contributed by atoms with E-state index in [0.717, 1.165) is 63.8 Å². The van der Waals surface area contributed by atoms with Crippen molar-refractivity contribution < 1.29 is 10.0 Å². The second-order valence-electron chi connectivity index (χ2n) is 8.57. The zero-order chi connectivity index (χ0) is 21.7. The summed E-state index contributed by atoms with van der Waals surface area (Å²) in [6.45, 7) is 2.49. The Morgan fingerprint density at radius 3 is 2.94 bits per heavy atom. The van der Waals surface area contributed by atoms with Crippen LogP contribution in [0.3, 0.4) is 0 Å². The van der Waals surface area contributed by atoms with E-state index in [2.05, 4.69) is 16.9 Å². The number of para-hydroxylation sites is 1. The van der Waals surface area contributed by atoms with Gasteiger partial charge < -0.3 is 0 Å². The first-order valence-electron chi connectivity index (χ1n) is 11.2. The van der Waals surface area contributed by atoms with Crippen LogP contribution in [0.5, 0.6) is 0 Å². The number of hydrazone groups is 1. The van der Waals surface area contributed by atoms with Gasteiger partial charge in [0.25, 0.3) is 0 Å². The first-order valence-corrected chi connectivity index (χ1v) is 12.1. The molecule has 3 aromatic rings. The molecule has 7 nitrogen and oxygen atoms in total. The predicted octanol–water partition coefficient (Wildman–Crippen LogP) is 5.14. The van der Waals surface area contributed by atoms with Gasteiger partial charge in [0.15, 0.2) is 5.82 Å². The molecular formula is C24H25N5O2S. The van der Waals surface area contributed by atoms with E-state index in [1.165, 1.54) is 23.3 Å².